The van der Waals surface area contributed by atoms with E-state index < -0.39 is 0 Å². The van der Waals surface area contributed by atoms with Crippen LogP contribution >= 0.6 is 0 Å². The average Bonchev–Trinajstić information content (AvgIpc) is 3.52. The molecular weight excluding hydrogens is 514 g/mol. The number of aromatic nitrogens is 6. The fraction of sp³-hybridized carbons (Fsp3) is 0.194. The van der Waals surface area contributed by atoms with Crippen molar-refractivity contribution in [3.8, 4) is 11.5 Å². The molecule has 4 aromatic rings. The van der Waals surface area contributed by atoms with E-state index in [-0.39, 0.29) is 5.91 Å². The van der Waals surface area contributed by atoms with Crippen LogP contribution in [0.4, 0.5) is 0 Å². The Balaban J connectivity index is 1.55. The van der Waals surface area contributed by atoms with E-state index >= 15 is 0 Å². The highest BCUT2D eigenvalue weighted by molar-refractivity contribution is 5.91. The summed E-state index contributed by atoms with van der Waals surface area (Å²) in [5.74, 6) is 0.508. The maximum atomic E-state index is 12.3. The number of allylic oxidation sites excluding steroid dienone is 7. The molecule has 10 nitrogen and oxygen atoms in total. The van der Waals surface area contributed by atoms with Crippen LogP contribution in [0.2, 0.25) is 0 Å². The lowest BCUT2D eigenvalue weighted by Gasteiger charge is -2.09. The molecule has 41 heavy (non-hydrogen) atoms. The maximum absolute atomic E-state index is 12.3. The Morgan fingerprint density at radius 1 is 1.10 bits per heavy atom. The number of carbonyl (C=O) groups excluding carboxylic acids is 1. The first-order valence-electron chi connectivity index (χ1n) is 13.5. The predicted molar refractivity (Wildman–Crippen MR) is 161 cm³/mol. The van der Waals surface area contributed by atoms with E-state index in [4.69, 9.17) is 21.4 Å². The molecule has 0 atom stereocenters. The molecule has 5 rings (SSSR count). The number of hydrogen-bond acceptors (Lipinski definition) is 7. The minimum Gasteiger partial charge on any atom is -0.404 e. The number of nitrogens with two attached hydrogens (primary N) is 2. The third-order valence-electron chi connectivity index (χ3n) is 6.44. The van der Waals surface area contributed by atoms with Crippen molar-refractivity contribution in [1.29, 1.82) is 0 Å². The van der Waals surface area contributed by atoms with E-state index in [2.05, 4.69) is 25.5 Å². The number of amides is 1. The van der Waals surface area contributed by atoms with Crippen LogP contribution in [0.3, 0.4) is 0 Å². The highest BCUT2D eigenvalue weighted by Gasteiger charge is 2.22. The summed E-state index contributed by atoms with van der Waals surface area (Å²) in [6.45, 7) is 5.90. The first-order valence-corrected chi connectivity index (χ1v) is 13.5. The van der Waals surface area contributed by atoms with Gasteiger partial charge >= 0.3 is 0 Å². The van der Waals surface area contributed by atoms with Crippen molar-refractivity contribution < 1.29 is 4.79 Å². The zero-order valence-corrected chi connectivity index (χ0v) is 23.3. The number of H-pyrrole nitrogens is 2. The summed E-state index contributed by atoms with van der Waals surface area (Å²) in [6.07, 6.45) is 12.5. The van der Waals surface area contributed by atoms with Gasteiger partial charge in [-0.15, -0.1) is 0 Å². The van der Waals surface area contributed by atoms with Gasteiger partial charge in [0.1, 0.15) is 5.52 Å². The molecule has 0 aliphatic heterocycles. The molecule has 1 aliphatic rings. The molecule has 0 saturated heterocycles. The van der Waals surface area contributed by atoms with E-state index in [0.717, 1.165) is 40.2 Å². The zero-order valence-electron chi connectivity index (χ0n) is 23.3. The number of nitrogens with zero attached hydrogens (tertiary/aromatic N) is 4. The van der Waals surface area contributed by atoms with Crippen molar-refractivity contribution in [3.05, 3.63) is 107 Å². The topological polar surface area (TPSA) is 164 Å². The van der Waals surface area contributed by atoms with Crippen LogP contribution < -0.4 is 16.8 Å². The molecule has 0 aromatic carbocycles. The third-order valence-corrected chi connectivity index (χ3v) is 6.44. The van der Waals surface area contributed by atoms with Crippen LogP contribution in [0.1, 0.15) is 56.4 Å². The molecule has 1 aliphatic carbocycles. The minimum atomic E-state index is -0.0552. The lowest BCUT2D eigenvalue weighted by Crippen LogP contribution is -2.21. The summed E-state index contributed by atoms with van der Waals surface area (Å²) in [4.78, 5) is 30.1. The molecule has 4 aromatic heterocycles. The zero-order chi connectivity index (χ0) is 28.9. The number of hydrogen-bond donors (Lipinski definition) is 5. The van der Waals surface area contributed by atoms with Crippen LogP contribution in [-0.4, -0.2) is 36.0 Å². The van der Waals surface area contributed by atoms with Gasteiger partial charge in [0, 0.05) is 53.5 Å². The van der Waals surface area contributed by atoms with Crippen molar-refractivity contribution in [3.63, 3.8) is 0 Å². The molecule has 1 amide bonds. The van der Waals surface area contributed by atoms with Gasteiger partial charge in [-0.2, -0.15) is 5.10 Å². The van der Waals surface area contributed by atoms with Crippen molar-refractivity contribution in [1.82, 2.24) is 35.5 Å². The summed E-state index contributed by atoms with van der Waals surface area (Å²) in [5, 5.41) is 10.6. The molecule has 10 heteroatoms. The molecule has 0 spiro atoms. The fourth-order valence-electron chi connectivity index (χ4n) is 4.61. The van der Waals surface area contributed by atoms with Gasteiger partial charge in [0.05, 0.1) is 22.6 Å². The Morgan fingerprint density at radius 3 is 2.68 bits per heavy atom. The van der Waals surface area contributed by atoms with Crippen molar-refractivity contribution in [2.45, 2.75) is 40.0 Å². The SMILES string of the molecule is CCCC(=O)N/C(C=C(C)C)=C/C(=C\N)c1ccc2[nH]nc(-c3nc4c([nH]3)CC(N)=CC=C4c3ccccn3)c2n1. The molecule has 0 radical (unpaired) electrons. The Morgan fingerprint density at radius 2 is 1.95 bits per heavy atom. The van der Waals surface area contributed by atoms with Gasteiger partial charge in [0.15, 0.2) is 11.5 Å². The van der Waals surface area contributed by atoms with Gasteiger partial charge in [0.2, 0.25) is 5.91 Å². The first-order chi connectivity index (χ1) is 19.9. The Labute approximate surface area is 238 Å². The molecule has 0 bridgehead atoms. The van der Waals surface area contributed by atoms with E-state index in [1.807, 2.05) is 75.4 Å². The fourth-order valence-corrected chi connectivity index (χ4v) is 4.61. The van der Waals surface area contributed by atoms with Gasteiger partial charge in [-0.25, -0.2) is 9.97 Å². The van der Waals surface area contributed by atoms with Crippen LogP contribution in [0.5, 0.6) is 0 Å². The number of aromatic amines is 2. The molecule has 7 N–H and O–H groups in total. The number of fused-ring (bicyclic) bond motifs is 2. The van der Waals surface area contributed by atoms with Gasteiger partial charge in [-0.05, 0) is 68.8 Å². The molecule has 0 fully saturated rings. The summed E-state index contributed by atoms with van der Waals surface area (Å²) in [7, 11) is 0. The normalized spacial score (nSPS) is 13.7. The third kappa shape index (κ3) is 6.01. The molecule has 208 valence electrons. The van der Waals surface area contributed by atoms with Gasteiger partial charge in [-0.3, -0.25) is 14.9 Å². The van der Waals surface area contributed by atoms with Crippen molar-refractivity contribution >= 4 is 28.1 Å². The largest absolute Gasteiger partial charge is 0.404 e. The molecule has 0 saturated carbocycles. The smallest absolute Gasteiger partial charge is 0.224 e. The second-order valence-electron chi connectivity index (χ2n) is 10.0. The van der Waals surface area contributed by atoms with Gasteiger partial charge in [0.25, 0.3) is 0 Å². The Hall–Kier alpha value is -5.25. The van der Waals surface area contributed by atoms with E-state index in [1.165, 1.54) is 6.20 Å². The van der Waals surface area contributed by atoms with Crippen molar-refractivity contribution in [2.24, 2.45) is 11.5 Å². The number of carbonyl (C=O) groups is 1. The first kappa shape index (κ1) is 27.3. The number of pyridine rings is 2. The Kier molecular flexibility index (Phi) is 7.91. The van der Waals surface area contributed by atoms with Gasteiger partial charge < -0.3 is 21.8 Å². The molecule has 4 heterocycles. The van der Waals surface area contributed by atoms with Crippen LogP contribution in [0.25, 0.3) is 33.7 Å². The van der Waals surface area contributed by atoms with Gasteiger partial charge in [-0.1, -0.05) is 18.6 Å². The quantitative estimate of drug-likeness (QED) is 0.201. The molecular formula is C31H33N9O. The maximum Gasteiger partial charge on any atom is 0.224 e. The summed E-state index contributed by atoms with van der Waals surface area (Å²) in [6, 6.07) is 9.52. The Bertz CT molecular complexity index is 1750. The lowest BCUT2D eigenvalue weighted by molar-refractivity contribution is -0.120. The number of rotatable bonds is 8. The highest BCUT2D eigenvalue weighted by atomic mass is 16.1. The second-order valence-corrected chi connectivity index (χ2v) is 10.0. The molecule has 0 unspecified atom stereocenters. The van der Waals surface area contributed by atoms with Crippen molar-refractivity contribution in [2.75, 3.05) is 0 Å². The van der Waals surface area contributed by atoms with E-state index in [9.17, 15) is 4.79 Å². The summed E-state index contributed by atoms with van der Waals surface area (Å²) < 4.78 is 0. The average molecular weight is 548 g/mol. The number of nitrogens with one attached hydrogen (secondary N) is 3. The van der Waals surface area contributed by atoms with E-state index in [0.29, 0.717) is 52.5 Å². The highest BCUT2D eigenvalue weighted by Crippen LogP contribution is 2.32. The van der Waals surface area contributed by atoms with E-state index in [1.54, 1.807) is 6.20 Å². The van der Waals surface area contributed by atoms with Crippen LogP contribution in [0, 0.1) is 0 Å². The minimum absolute atomic E-state index is 0.0552. The van der Waals surface area contributed by atoms with Crippen LogP contribution in [-0.2, 0) is 11.2 Å². The number of imidazole rings is 1. The predicted octanol–water partition coefficient (Wildman–Crippen LogP) is 4.64. The monoisotopic (exact) mass is 547 g/mol. The lowest BCUT2D eigenvalue weighted by atomic mass is 10.1. The standard InChI is InChI=1S/C31H33N9O/c1-4-7-27(41)35-21(14-18(2)3)15-19(17-32)23-11-12-25-29(36-23)30(40-39-25)31-37-26-16-20(33)9-10-22(28(26)38-31)24-8-5-6-13-34-24/h5-6,8-15,17H,4,7,16,32-33H2,1-3H3,(H,35,41)(H,37,38)(H,39,40)/b19-17+,21-15+. The second kappa shape index (κ2) is 11.9. The summed E-state index contributed by atoms with van der Waals surface area (Å²) >= 11 is 0. The van der Waals surface area contributed by atoms with Crippen LogP contribution in [0.15, 0.2) is 84.0 Å². The summed E-state index contributed by atoms with van der Waals surface area (Å²) in [5.41, 5.74) is 21.2.